The summed E-state index contributed by atoms with van der Waals surface area (Å²) in [6.45, 7) is 4.28. The van der Waals surface area contributed by atoms with Crippen LogP contribution in [0.5, 0.6) is 0 Å². The monoisotopic (exact) mass is 855 g/mol. The largest absolute Gasteiger partial charge is 0.379 e. The number of carbonyl (C=O) groups excluding carboxylic acids is 2. The number of ether oxygens (including phenoxy) is 4. The SMILES string of the molecule is CN1Cc2c(Cl)cc(Cl)cc2C(c2ccc(S(=O)(=O)NCCOCCOCCCC(=O)c3ccc(C(=O)NCCOCCOCCCS(C)(=O)=O)cc3)cc2)C1. The van der Waals surface area contributed by atoms with Crippen LogP contribution >= 0.6 is 23.2 Å². The molecule has 1 heterocycles. The Kier molecular flexibility index (Phi) is 18.7. The van der Waals surface area contributed by atoms with Crippen molar-refractivity contribution in [2.24, 2.45) is 0 Å². The molecular weight excluding hydrogens is 805 g/mol. The van der Waals surface area contributed by atoms with Crippen molar-refractivity contribution >= 4 is 54.8 Å². The van der Waals surface area contributed by atoms with Gasteiger partial charge in [-0.1, -0.05) is 47.5 Å². The van der Waals surface area contributed by atoms with E-state index in [2.05, 4.69) is 14.9 Å². The minimum Gasteiger partial charge on any atom is -0.379 e. The van der Waals surface area contributed by atoms with Gasteiger partial charge in [-0.15, -0.1) is 0 Å². The number of fused-ring (bicyclic) bond motifs is 1. The molecule has 0 saturated carbocycles. The summed E-state index contributed by atoms with van der Waals surface area (Å²) in [7, 11) is -4.70. The van der Waals surface area contributed by atoms with Gasteiger partial charge in [0.15, 0.2) is 5.78 Å². The maximum Gasteiger partial charge on any atom is 0.251 e. The minimum atomic E-state index is -3.73. The first-order valence-electron chi connectivity index (χ1n) is 18.4. The van der Waals surface area contributed by atoms with Crippen LogP contribution in [0.15, 0.2) is 65.6 Å². The van der Waals surface area contributed by atoms with Crippen molar-refractivity contribution in [3.05, 3.63) is 98.5 Å². The van der Waals surface area contributed by atoms with Crippen LogP contribution in [0.25, 0.3) is 0 Å². The second-order valence-corrected chi connectivity index (χ2v) is 18.3. The van der Waals surface area contributed by atoms with Crippen molar-refractivity contribution in [1.82, 2.24) is 14.9 Å². The number of amides is 1. The number of sulfonamides is 1. The number of likely N-dealkylation sites (N-methyl/N-ethyl adjacent to an activating group) is 1. The second-order valence-electron chi connectivity index (χ2n) is 13.5. The quantitative estimate of drug-likeness (QED) is 0.0893. The maximum atomic E-state index is 12.9. The number of carbonyl (C=O) groups is 2. The van der Waals surface area contributed by atoms with Crippen LogP contribution in [0.2, 0.25) is 10.0 Å². The molecule has 1 aliphatic rings. The molecule has 0 aromatic heterocycles. The van der Waals surface area contributed by atoms with E-state index in [0.717, 1.165) is 23.2 Å². The summed E-state index contributed by atoms with van der Waals surface area (Å²) in [5.74, 6) is -0.250. The average molecular weight is 857 g/mol. The maximum absolute atomic E-state index is 12.9. The van der Waals surface area contributed by atoms with Crippen molar-refractivity contribution in [2.45, 2.75) is 36.6 Å². The number of hydrogen-bond donors (Lipinski definition) is 2. The third kappa shape index (κ3) is 15.4. The number of sulfone groups is 1. The van der Waals surface area contributed by atoms with Gasteiger partial charge < -0.3 is 29.2 Å². The molecule has 1 atom stereocenters. The fraction of sp³-hybridized carbons (Fsp3) is 0.487. The van der Waals surface area contributed by atoms with E-state index in [4.69, 9.17) is 42.1 Å². The third-order valence-electron chi connectivity index (χ3n) is 8.87. The molecule has 2 N–H and O–H groups in total. The van der Waals surface area contributed by atoms with Crippen LogP contribution in [-0.2, 0) is 45.4 Å². The van der Waals surface area contributed by atoms with Crippen LogP contribution < -0.4 is 10.0 Å². The molecule has 0 spiro atoms. The van der Waals surface area contributed by atoms with Crippen molar-refractivity contribution in [3.63, 3.8) is 0 Å². The first kappa shape index (κ1) is 45.7. The van der Waals surface area contributed by atoms with Gasteiger partial charge in [-0.05, 0) is 73.0 Å². The number of rotatable bonds is 25. The van der Waals surface area contributed by atoms with Crippen LogP contribution in [0.3, 0.4) is 0 Å². The zero-order chi connectivity index (χ0) is 40.6. The summed E-state index contributed by atoms with van der Waals surface area (Å²) in [5.41, 5.74) is 3.98. The number of ketones is 1. The highest BCUT2D eigenvalue weighted by atomic mass is 35.5. The highest BCUT2D eigenvalue weighted by molar-refractivity contribution is 7.90. The van der Waals surface area contributed by atoms with Gasteiger partial charge in [-0.3, -0.25) is 9.59 Å². The third-order valence-corrected chi connectivity index (χ3v) is 11.9. The molecule has 1 aliphatic heterocycles. The predicted molar refractivity (Wildman–Crippen MR) is 216 cm³/mol. The molecule has 56 heavy (non-hydrogen) atoms. The van der Waals surface area contributed by atoms with E-state index in [1.54, 1.807) is 42.5 Å². The average Bonchev–Trinajstić information content (AvgIpc) is 3.15. The molecule has 17 heteroatoms. The van der Waals surface area contributed by atoms with E-state index in [1.807, 2.05) is 25.2 Å². The summed E-state index contributed by atoms with van der Waals surface area (Å²) in [5, 5.41) is 3.95. The molecule has 0 saturated heterocycles. The lowest BCUT2D eigenvalue weighted by atomic mass is 9.85. The lowest BCUT2D eigenvalue weighted by Gasteiger charge is -2.33. The molecule has 3 aromatic carbocycles. The fourth-order valence-electron chi connectivity index (χ4n) is 6.03. The summed E-state index contributed by atoms with van der Waals surface area (Å²) >= 11 is 12.8. The molecule has 13 nitrogen and oxygen atoms in total. The fourth-order valence-corrected chi connectivity index (χ4v) is 8.26. The standard InChI is InChI=1S/C39H51Cl2N3O10S2/c1-44-27-35(34-25-32(40)26-37(41)36(34)28-44)29-10-12-33(13-11-29)56(49,50)43-15-19-54-23-20-51-16-3-5-38(45)30-6-8-31(9-7-30)39(46)42-14-18-53-22-21-52-17-4-24-55(2,47)48/h6-13,25-26,35,43H,3-5,14-24,27-28H2,1-2H3,(H,42,46). The van der Waals surface area contributed by atoms with E-state index in [1.165, 1.54) is 6.26 Å². The Hall–Kier alpha value is -2.96. The Bertz CT molecular complexity index is 1950. The van der Waals surface area contributed by atoms with Crippen LogP contribution in [0.1, 0.15) is 62.6 Å². The highest BCUT2D eigenvalue weighted by Crippen LogP contribution is 2.38. The lowest BCUT2D eigenvalue weighted by Crippen LogP contribution is -2.31. The van der Waals surface area contributed by atoms with Crippen LogP contribution in [0.4, 0.5) is 0 Å². The van der Waals surface area contributed by atoms with Crippen LogP contribution in [0, 0.1) is 0 Å². The van der Waals surface area contributed by atoms with Gasteiger partial charge in [-0.2, -0.15) is 0 Å². The first-order valence-corrected chi connectivity index (χ1v) is 22.7. The van der Waals surface area contributed by atoms with E-state index in [-0.39, 0.29) is 54.4 Å². The Morgan fingerprint density at radius 1 is 0.768 bits per heavy atom. The molecule has 4 rings (SSSR count). The molecule has 308 valence electrons. The van der Waals surface area contributed by atoms with E-state index in [9.17, 15) is 26.4 Å². The van der Waals surface area contributed by atoms with Gasteiger partial charge in [0.2, 0.25) is 10.0 Å². The molecule has 0 fully saturated rings. The van der Waals surface area contributed by atoms with E-state index < -0.39 is 19.9 Å². The molecule has 0 aliphatic carbocycles. The summed E-state index contributed by atoms with van der Waals surface area (Å²) < 4.78 is 72.3. The number of nitrogens with zero attached hydrogens (tertiary/aromatic N) is 1. The second kappa shape index (κ2) is 22.8. The molecule has 0 radical (unpaired) electrons. The molecule has 0 bridgehead atoms. The Morgan fingerprint density at radius 3 is 2.00 bits per heavy atom. The van der Waals surface area contributed by atoms with Gasteiger partial charge in [0, 0.05) is 79.2 Å². The van der Waals surface area contributed by atoms with E-state index in [0.29, 0.717) is 86.7 Å². The van der Waals surface area contributed by atoms with Gasteiger partial charge in [0.1, 0.15) is 9.84 Å². The smallest absolute Gasteiger partial charge is 0.251 e. The minimum absolute atomic E-state index is 0.00655. The number of Topliss-reactive ketones (excluding diaryl/α,β-unsaturated/α-hetero) is 1. The number of hydrogen-bond acceptors (Lipinski definition) is 11. The predicted octanol–water partition coefficient (Wildman–Crippen LogP) is 4.74. The number of halogens is 2. The normalized spacial score (nSPS) is 14.8. The Morgan fingerprint density at radius 2 is 1.36 bits per heavy atom. The Labute approximate surface area is 340 Å². The van der Waals surface area contributed by atoms with Gasteiger partial charge >= 0.3 is 0 Å². The van der Waals surface area contributed by atoms with Gasteiger partial charge in [0.05, 0.1) is 50.3 Å². The zero-order valence-corrected chi connectivity index (χ0v) is 34.9. The van der Waals surface area contributed by atoms with Crippen molar-refractivity contribution in [1.29, 1.82) is 0 Å². The topological polar surface area (TPSA) is 167 Å². The highest BCUT2D eigenvalue weighted by Gasteiger charge is 2.27. The van der Waals surface area contributed by atoms with E-state index >= 15 is 0 Å². The summed E-state index contributed by atoms with van der Waals surface area (Å²) in [4.78, 5) is 27.3. The van der Waals surface area contributed by atoms with Crippen molar-refractivity contribution in [2.75, 3.05) is 91.5 Å². The summed E-state index contributed by atoms with van der Waals surface area (Å²) in [6.07, 6.45) is 2.41. The molecule has 3 aromatic rings. The van der Waals surface area contributed by atoms with Crippen molar-refractivity contribution in [3.8, 4) is 0 Å². The molecular formula is C39H51Cl2N3O10S2. The van der Waals surface area contributed by atoms with Gasteiger partial charge in [-0.25, -0.2) is 21.6 Å². The summed E-state index contributed by atoms with van der Waals surface area (Å²) in [6, 6.07) is 17.0. The van der Waals surface area contributed by atoms with Crippen molar-refractivity contribution < 1.29 is 45.4 Å². The Balaban J connectivity index is 1.03. The first-order chi connectivity index (χ1) is 26.7. The van der Waals surface area contributed by atoms with Crippen LogP contribution in [-0.4, -0.2) is 125 Å². The lowest BCUT2D eigenvalue weighted by molar-refractivity contribution is 0.0481. The molecule has 1 unspecified atom stereocenters. The molecule has 1 amide bonds. The zero-order valence-electron chi connectivity index (χ0n) is 31.8. The number of nitrogens with one attached hydrogen (secondary N) is 2. The number of benzene rings is 3. The van der Waals surface area contributed by atoms with Gasteiger partial charge in [0.25, 0.3) is 5.91 Å².